The van der Waals surface area contributed by atoms with Crippen molar-refractivity contribution >= 4 is 0 Å². The van der Waals surface area contributed by atoms with Gasteiger partial charge in [0.05, 0.1) is 6.54 Å². The lowest BCUT2D eigenvalue weighted by molar-refractivity contribution is 0.472. The number of hydrogen-bond acceptors (Lipinski definition) is 1. The molecule has 0 saturated heterocycles. The first-order valence-corrected chi connectivity index (χ1v) is 4.83. The Labute approximate surface area is 76.9 Å². The van der Waals surface area contributed by atoms with Crippen LogP contribution in [0.3, 0.4) is 0 Å². The molecule has 0 aliphatic rings. The second kappa shape index (κ2) is 7.18. The van der Waals surface area contributed by atoms with Gasteiger partial charge >= 0.3 is 0 Å². The average Bonchev–Trinajstić information content (AvgIpc) is 2.00. The standard InChI is InChI=1S/C11H21N/c1-5-9-12-11(4)8-6-7-10(2)3/h1,10-12H,6-9H2,2-4H3. The maximum atomic E-state index is 5.14. The summed E-state index contributed by atoms with van der Waals surface area (Å²) in [4.78, 5) is 0. The molecule has 0 bridgehead atoms. The molecule has 1 heteroatoms. The lowest BCUT2D eigenvalue weighted by Gasteiger charge is -2.12. The average molecular weight is 167 g/mol. The third kappa shape index (κ3) is 7.63. The predicted octanol–water partition coefficient (Wildman–Crippen LogP) is 2.42. The van der Waals surface area contributed by atoms with Crippen molar-refractivity contribution in [2.24, 2.45) is 5.92 Å². The smallest absolute Gasteiger partial charge is 0.0575 e. The van der Waals surface area contributed by atoms with E-state index in [4.69, 9.17) is 6.42 Å². The van der Waals surface area contributed by atoms with Crippen molar-refractivity contribution < 1.29 is 0 Å². The summed E-state index contributed by atoms with van der Waals surface area (Å²) in [5, 5.41) is 3.27. The number of hydrogen-bond donors (Lipinski definition) is 1. The summed E-state index contributed by atoms with van der Waals surface area (Å²) in [6.07, 6.45) is 9.00. The Balaban J connectivity index is 3.20. The van der Waals surface area contributed by atoms with Crippen LogP contribution in [0.4, 0.5) is 0 Å². The molecule has 0 radical (unpaired) electrons. The fourth-order valence-electron chi connectivity index (χ4n) is 1.17. The van der Waals surface area contributed by atoms with Gasteiger partial charge < -0.3 is 5.32 Å². The van der Waals surface area contributed by atoms with Crippen molar-refractivity contribution in [3.05, 3.63) is 0 Å². The Morgan fingerprint density at radius 3 is 2.42 bits per heavy atom. The molecule has 1 atom stereocenters. The molecule has 0 amide bonds. The van der Waals surface area contributed by atoms with E-state index in [2.05, 4.69) is 32.0 Å². The van der Waals surface area contributed by atoms with E-state index in [0.717, 1.165) is 5.92 Å². The van der Waals surface area contributed by atoms with E-state index in [1.54, 1.807) is 0 Å². The van der Waals surface area contributed by atoms with E-state index in [9.17, 15) is 0 Å². The van der Waals surface area contributed by atoms with Crippen LogP contribution in [0.1, 0.15) is 40.0 Å². The molecule has 0 aliphatic carbocycles. The van der Waals surface area contributed by atoms with Gasteiger partial charge in [-0.15, -0.1) is 6.42 Å². The highest BCUT2D eigenvalue weighted by atomic mass is 14.9. The van der Waals surface area contributed by atoms with Crippen LogP contribution in [0.25, 0.3) is 0 Å². The molecular formula is C11H21N. The van der Waals surface area contributed by atoms with Crippen LogP contribution in [-0.4, -0.2) is 12.6 Å². The molecule has 1 unspecified atom stereocenters. The molecular weight excluding hydrogens is 146 g/mol. The van der Waals surface area contributed by atoms with Crippen molar-refractivity contribution in [1.82, 2.24) is 5.32 Å². The van der Waals surface area contributed by atoms with Crippen molar-refractivity contribution in [2.75, 3.05) is 6.54 Å². The second-order valence-corrected chi connectivity index (χ2v) is 3.81. The van der Waals surface area contributed by atoms with Gasteiger partial charge in [0.15, 0.2) is 0 Å². The summed E-state index contributed by atoms with van der Waals surface area (Å²) < 4.78 is 0. The van der Waals surface area contributed by atoms with Gasteiger partial charge in [0.2, 0.25) is 0 Å². The molecule has 0 aromatic rings. The summed E-state index contributed by atoms with van der Waals surface area (Å²) in [6, 6.07) is 0.569. The fourth-order valence-corrected chi connectivity index (χ4v) is 1.17. The predicted molar refractivity (Wildman–Crippen MR) is 55.0 cm³/mol. The molecule has 0 rings (SSSR count). The van der Waals surface area contributed by atoms with E-state index < -0.39 is 0 Å². The van der Waals surface area contributed by atoms with E-state index in [1.807, 2.05) is 0 Å². The SMILES string of the molecule is C#CCNC(C)CCCC(C)C. The van der Waals surface area contributed by atoms with Crippen molar-refractivity contribution in [2.45, 2.75) is 46.1 Å². The van der Waals surface area contributed by atoms with E-state index in [-0.39, 0.29) is 0 Å². The second-order valence-electron chi connectivity index (χ2n) is 3.81. The first-order valence-electron chi connectivity index (χ1n) is 4.83. The first kappa shape index (κ1) is 11.5. The lowest BCUT2D eigenvalue weighted by atomic mass is 10.0. The zero-order chi connectivity index (χ0) is 9.40. The van der Waals surface area contributed by atoms with Crippen molar-refractivity contribution in [3.63, 3.8) is 0 Å². The van der Waals surface area contributed by atoms with E-state index in [0.29, 0.717) is 12.6 Å². The zero-order valence-corrected chi connectivity index (χ0v) is 8.56. The van der Waals surface area contributed by atoms with Gasteiger partial charge in [0.1, 0.15) is 0 Å². The Hall–Kier alpha value is -0.480. The van der Waals surface area contributed by atoms with Gasteiger partial charge in [-0.2, -0.15) is 0 Å². The summed E-state index contributed by atoms with van der Waals surface area (Å²) >= 11 is 0. The lowest BCUT2D eigenvalue weighted by Crippen LogP contribution is -2.26. The van der Waals surface area contributed by atoms with Crippen LogP contribution < -0.4 is 5.32 Å². The summed E-state index contributed by atoms with van der Waals surface area (Å²) in [5.74, 6) is 3.41. The molecule has 0 saturated carbocycles. The molecule has 1 nitrogen and oxygen atoms in total. The van der Waals surface area contributed by atoms with Crippen LogP contribution in [0.15, 0.2) is 0 Å². The van der Waals surface area contributed by atoms with Gasteiger partial charge in [-0.3, -0.25) is 0 Å². The minimum atomic E-state index is 0.569. The summed E-state index contributed by atoms with van der Waals surface area (Å²) in [7, 11) is 0. The van der Waals surface area contributed by atoms with Gasteiger partial charge in [0.25, 0.3) is 0 Å². The van der Waals surface area contributed by atoms with Gasteiger partial charge in [0, 0.05) is 6.04 Å². The van der Waals surface area contributed by atoms with Gasteiger partial charge in [-0.05, 0) is 19.3 Å². The largest absolute Gasteiger partial charge is 0.304 e. The highest BCUT2D eigenvalue weighted by molar-refractivity contribution is 4.87. The summed E-state index contributed by atoms with van der Waals surface area (Å²) in [5.41, 5.74) is 0. The van der Waals surface area contributed by atoms with Gasteiger partial charge in [-0.1, -0.05) is 32.6 Å². The molecule has 0 fully saturated rings. The van der Waals surface area contributed by atoms with E-state index in [1.165, 1.54) is 19.3 Å². The molecule has 0 aromatic heterocycles. The summed E-state index contributed by atoms with van der Waals surface area (Å²) in [6.45, 7) is 7.42. The number of terminal acetylenes is 1. The Kier molecular flexibility index (Phi) is 6.90. The fraction of sp³-hybridized carbons (Fsp3) is 0.818. The third-order valence-electron chi connectivity index (χ3n) is 1.97. The van der Waals surface area contributed by atoms with Gasteiger partial charge in [-0.25, -0.2) is 0 Å². The Morgan fingerprint density at radius 2 is 1.92 bits per heavy atom. The molecule has 0 spiro atoms. The van der Waals surface area contributed by atoms with Crippen LogP contribution in [0.2, 0.25) is 0 Å². The normalized spacial score (nSPS) is 12.9. The maximum Gasteiger partial charge on any atom is 0.0575 e. The first-order chi connectivity index (χ1) is 5.66. The third-order valence-corrected chi connectivity index (χ3v) is 1.97. The highest BCUT2D eigenvalue weighted by Crippen LogP contribution is 2.07. The minimum Gasteiger partial charge on any atom is -0.304 e. The molecule has 0 aliphatic heterocycles. The molecule has 0 aromatic carbocycles. The Bertz CT molecular complexity index is 132. The quantitative estimate of drug-likeness (QED) is 0.599. The highest BCUT2D eigenvalue weighted by Gasteiger charge is 2.00. The molecule has 70 valence electrons. The Morgan fingerprint density at radius 1 is 1.25 bits per heavy atom. The van der Waals surface area contributed by atoms with Crippen LogP contribution >= 0.6 is 0 Å². The minimum absolute atomic E-state index is 0.569. The van der Waals surface area contributed by atoms with Crippen molar-refractivity contribution in [3.8, 4) is 12.3 Å². The monoisotopic (exact) mass is 167 g/mol. The number of rotatable bonds is 6. The van der Waals surface area contributed by atoms with Crippen LogP contribution in [0, 0.1) is 18.3 Å². The number of nitrogens with one attached hydrogen (secondary N) is 1. The van der Waals surface area contributed by atoms with Crippen LogP contribution in [-0.2, 0) is 0 Å². The maximum absolute atomic E-state index is 5.14. The molecule has 12 heavy (non-hydrogen) atoms. The molecule has 1 N–H and O–H groups in total. The molecule has 0 heterocycles. The topological polar surface area (TPSA) is 12.0 Å². The van der Waals surface area contributed by atoms with E-state index >= 15 is 0 Å². The van der Waals surface area contributed by atoms with Crippen LogP contribution in [0.5, 0.6) is 0 Å². The zero-order valence-electron chi connectivity index (χ0n) is 8.56. The van der Waals surface area contributed by atoms with Crippen molar-refractivity contribution in [1.29, 1.82) is 0 Å².